The zero-order valence-corrected chi connectivity index (χ0v) is 6.96. The molecule has 13 heavy (non-hydrogen) atoms. The zero-order chi connectivity index (χ0) is 9.14. The van der Waals surface area contributed by atoms with Gasteiger partial charge in [-0.05, 0) is 5.56 Å². The molecule has 0 amide bonds. The van der Waals surface area contributed by atoms with E-state index in [4.69, 9.17) is 0 Å². The first-order valence-electron chi connectivity index (χ1n) is 3.20. The Morgan fingerprint density at radius 1 is 1.23 bits per heavy atom. The molecule has 0 aliphatic carbocycles. The van der Waals surface area contributed by atoms with Crippen molar-refractivity contribution in [3.63, 3.8) is 0 Å². The van der Waals surface area contributed by atoms with E-state index >= 15 is 0 Å². The fourth-order valence-electron chi connectivity index (χ4n) is 0.765. The molecule has 0 radical (unpaired) electrons. The van der Waals surface area contributed by atoms with Crippen LogP contribution in [0.2, 0.25) is 0 Å². The summed E-state index contributed by atoms with van der Waals surface area (Å²) in [5, 5.41) is 10.2. The molecule has 0 bridgehead atoms. The standard InChI is InChI=1S/C8H6F2O2.Li/c9-7(10)5-1-3-6(4-2-5)8(11)12;/h1-4,7H,(H,11,12);/q;+1/p-1. The first-order valence-corrected chi connectivity index (χ1v) is 3.20. The first-order chi connectivity index (χ1) is 5.61. The van der Waals surface area contributed by atoms with E-state index in [9.17, 15) is 18.7 Å². The zero-order valence-electron chi connectivity index (χ0n) is 6.96. The number of carboxylic acids is 1. The van der Waals surface area contributed by atoms with Gasteiger partial charge in [-0.2, -0.15) is 0 Å². The predicted octanol–water partition coefficient (Wildman–Crippen LogP) is -2.01. The molecule has 0 unspecified atom stereocenters. The van der Waals surface area contributed by atoms with Crippen molar-refractivity contribution >= 4 is 5.97 Å². The molecule has 1 aromatic rings. The number of carbonyl (C=O) groups is 1. The molecule has 0 heterocycles. The maximum atomic E-state index is 11.9. The predicted molar refractivity (Wildman–Crippen MR) is 35.7 cm³/mol. The van der Waals surface area contributed by atoms with E-state index in [1.165, 1.54) is 0 Å². The van der Waals surface area contributed by atoms with Crippen LogP contribution in [0.15, 0.2) is 24.3 Å². The molecule has 0 aromatic heterocycles. The molecule has 2 nitrogen and oxygen atoms in total. The average molecular weight is 178 g/mol. The summed E-state index contributed by atoms with van der Waals surface area (Å²) in [5.74, 6) is -1.36. The van der Waals surface area contributed by atoms with Gasteiger partial charge in [0.15, 0.2) is 0 Å². The number of hydrogen-bond donors (Lipinski definition) is 0. The number of alkyl halides is 2. The van der Waals surface area contributed by atoms with Crippen LogP contribution < -0.4 is 24.0 Å². The minimum atomic E-state index is -2.57. The Bertz CT molecular complexity index is 285. The van der Waals surface area contributed by atoms with Crippen molar-refractivity contribution in [2.24, 2.45) is 0 Å². The third kappa shape index (κ3) is 3.17. The molecule has 0 saturated heterocycles. The summed E-state index contributed by atoms with van der Waals surface area (Å²) in [6.45, 7) is 0. The van der Waals surface area contributed by atoms with Crippen LogP contribution in [0.25, 0.3) is 0 Å². The van der Waals surface area contributed by atoms with Crippen molar-refractivity contribution in [2.45, 2.75) is 6.43 Å². The van der Waals surface area contributed by atoms with Crippen molar-refractivity contribution in [2.75, 3.05) is 0 Å². The van der Waals surface area contributed by atoms with Gasteiger partial charge in [0, 0.05) is 5.56 Å². The smallest absolute Gasteiger partial charge is 0.545 e. The number of hydrogen-bond acceptors (Lipinski definition) is 2. The molecule has 5 heteroatoms. The Balaban J connectivity index is 0.00000144. The van der Waals surface area contributed by atoms with Crippen LogP contribution >= 0.6 is 0 Å². The van der Waals surface area contributed by atoms with E-state index in [0.29, 0.717) is 0 Å². The molecule has 0 spiro atoms. The molecule has 0 N–H and O–H groups in total. The molecule has 0 atom stereocenters. The third-order valence-corrected chi connectivity index (χ3v) is 1.40. The second kappa shape index (κ2) is 5.00. The van der Waals surface area contributed by atoms with Gasteiger partial charge in [-0.3, -0.25) is 0 Å². The summed E-state index contributed by atoms with van der Waals surface area (Å²) >= 11 is 0. The Labute approximate surface area is 85.7 Å². The summed E-state index contributed by atoms with van der Waals surface area (Å²) in [6, 6.07) is 4.32. The van der Waals surface area contributed by atoms with E-state index in [1.54, 1.807) is 0 Å². The number of rotatable bonds is 2. The molecular formula is C8H5F2LiO2. The van der Waals surface area contributed by atoms with Crippen LogP contribution in [0.5, 0.6) is 0 Å². The molecule has 0 saturated carbocycles. The van der Waals surface area contributed by atoms with Crippen LogP contribution in [0.3, 0.4) is 0 Å². The average Bonchev–Trinajstić information content (AvgIpc) is 2.04. The monoisotopic (exact) mass is 178 g/mol. The fraction of sp³-hybridized carbons (Fsp3) is 0.125. The Morgan fingerprint density at radius 2 is 1.69 bits per heavy atom. The van der Waals surface area contributed by atoms with Gasteiger partial charge < -0.3 is 9.90 Å². The second-order valence-corrected chi connectivity index (χ2v) is 2.21. The van der Waals surface area contributed by atoms with Crippen molar-refractivity contribution in [1.29, 1.82) is 0 Å². The fourth-order valence-corrected chi connectivity index (χ4v) is 0.765. The molecule has 64 valence electrons. The van der Waals surface area contributed by atoms with Gasteiger partial charge in [0.05, 0.1) is 5.97 Å². The second-order valence-electron chi connectivity index (χ2n) is 2.21. The van der Waals surface area contributed by atoms with Gasteiger partial charge in [-0.25, -0.2) is 8.78 Å². The molecule has 1 rings (SSSR count). The first kappa shape index (κ1) is 12.1. The SMILES string of the molecule is O=C([O-])c1ccc(C(F)F)cc1.[Li+]. The van der Waals surface area contributed by atoms with Crippen LogP contribution in [0.1, 0.15) is 22.3 Å². The molecule has 0 fully saturated rings. The maximum Gasteiger partial charge on any atom is 1.00 e. The van der Waals surface area contributed by atoms with Gasteiger partial charge in [0.25, 0.3) is 6.43 Å². The van der Waals surface area contributed by atoms with Crippen molar-refractivity contribution in [3.8, 4) is 0 Å². The van der Waals surface area contributed by atoms with Gasteiger partial charge in [-0.1, -0.05) is 24.3 Å². The van der Waals surface area contributed by atoms with Crippen LogP contribution in [0, 0.1) is 0 Å². The van der Waals surface area contributed by atoms with Crippen LogP contribution in [-0.4, -0.2) is 5.97 Å². The Kier molecular flexibility index (Phi) is 4.67. The van der Waals surface area contributed by atoms with Crippen LogP contribution in [0.4, 0.5) is 8.78 Å². The largest absolute Gasteiger partial charge is 1.00 e. The number of halogens is 2. The third-order valence-electron chi connectivity index (χ3n) is 1.40. The van der Waals surface area contributed by atoms with Crippen molar-refractivity contribution in [1.82, 2.24) is 0 Å². The number of carbonyl (C=O) groups excluding carboxylic acids is 1. The molecule has 0 aliphatic heterocycles. The summed E-state index contributed by atoms with van der Waals surface area (Å²) in [6.07, 6.45) is -2.57. The Morgan fingerprint density at radius 3 is 2.00 bits per heavy atom. The summed E-state index contributed by atoms with van der Waals surface area (Å²) < 4.78 is 23.9. The molecule has 0 aliphatic rings. The number of aromatic carboxylic acids is 1. The van der Waals surface area contributed by atoms with E-state index < -0.39 is 12.4 Å². The van der Waals surface area contributed by atoms with Gasteiger partial charge in [0.2, 0.25) is 0 Å². The number of carboxylic acid groups (broad SMARTS) is 1. The summed E-state index contributed by atoms with van der Waals surface area (Å²) in [7, 11) is 0. The summed E-state index contributed by atoms with van der Waals surface area (Å²) in [4.78, 5) is 10.2. The van der Waals surface area contributed by atoms with E-state index in [1.807, 2.05) is 0 Å². The van der Waals surface area contributed by atoms with E-state index in [2.05, 4.69) is 0 Å². The molecular weight excluding hydrogens is 173 g/mol. The van der Waals surface area contributed by atoms with Crippen molar-refractivity contribution < 1.29 is 37.5 Å². The van der Waals surface area contributed by atoms with Crippen LogP contribution in [-0.2, 0) is 0 Å². The van der Waals surface area contributed by atoms with E-state index in [-0.39, 0.29) is 30.0 Å². The minimum Gasteiger partial charge on any atom is -0.545 e. The van der Waals surface area contributed by atoms with Crippen molar-refractivity contribution in [3.05, 3.63) is 35.4 Å². The topological polar surface area (TPSA) is 40.1 Å². The Hall–Kier alpha value is -0.853. The maximum absolute atomic E-state index is 11.9. The van der Waals surface area contributed by atoms with E-state index in [0.717, 1.165) is 24.3 Å². The quantitative estimate of drug-likeness (QED) is 0.491. The minimum absolute atomic E-state index is 0. The molecule has 1 aromatic carbocycles. The summed E-state index contributed by atoms with van der Waals surface area (Å²) in [5.41, 5.74) is -0.292. The normalized spacial score (nSPS) is 9.46. The van der Waals surface area contributed by atoms with Gasteiger partial charge >= 0.3 is 18.9 Å². The van der Waals surface area contributed by atoms with Gasteiger partial charge in [-0.15, -0.1) is 0 Å². The number of benzene rings is 1. The van der Waals surface area contributed by atoms with Gasteiger partial charge in [0.1, 0.15) is 0 Å².